The zero-order valence-electron chi connectivity index (χ0n) is 17.3. The quantitative estimate of drug-likeness (QED) is 0.607. The van der Waals surface area contributed by atoms with Crippen molar-refractivity contribution in [2.45, 2.75) is 75.2 Å². The highest BCUT2D eigenvalue weighted by atomic mass is 32.2. The molecule has 0 spiro atoms. The van der Waals surface area contributed by atoms with Crippen molar-refractivity contribution in [2.75, 3.05) is 24.8 Å². The fourth-order valence-electron chi connectivity index (χ4n) is 4.25. The Morgan fingerprint density at radius 2 is 2.00 bits per heavy atom. The summed E-state index contributed by atoms with van der Waals surface area (Å²) in [6.07, 6.45) is 10.3. The number of benzene rings is 1. The molecule has 1 saturated heterocycles. The molecule has 1 atom stereocenters. The van der Waals surface area contributed by atoms with E-state index in [0.717, 1.165) is 41.2 Å². The normalized spacial score (nSPS) is 20.5. The Morgan fingerprint density at radius 1 is 1.14 bits per heavy atom. The lowest BCUT2D eigenvalue weighted by Gasteiger charge is -2.26. The lowest BCUT2D eigenvalue weighted by Crippen LogP contribution is -2.22. The van der Waals surface area contributed by atoms with Gasteiger partial charge in [-0.25, -0.2) is 0 Å². The molecule has 1 unspecified atom stereocenters. The van der Waals surface area contributed by atoms with Crippen molar-refractivity contribution >= 4 is 17.4 Å². The van der Waals surface area contributed by atoms with Crippen LogP contribution in [0.5, 0.6) is 5.75 Å². The van der Waals surface area contributed by atoms with Crippen molar-refractivity contribution in [3.05, 3.63) is 30.1 Å². The van der Waals surface area contributed by atoms with Crippen LogP contribution in [0.2, 0.25) is 0 Å². The minimum absolute atomic E-state index is 0.351. The molecule has 7 heteroatoms. The molecule has 2 aromatic rings. The van der Waals surface area contributed by atoms with Crippen LogP contribution in [-0.4, -0.2) is 40.3 Å². The maximum Gasteiger partial charge on any atom is 0.191 e. The zero-order chi connectivity index (χ0) is 19.9. The fraction of sp³-hybridized carbons (Fsp3) is 0.636. The third-order valence-electron chi connectivity index (χ3n) is 5.87. The summed E-state index contributed by atoms with van der Waals surface area (Å²) in [5, 5.41) is 13.7. The van der Waals surface area contributed by atoms with Crippen LogP contribution < -0.4 is 10.1 Å². The SMILES string of the molecule is COc1cccc(NCc2nnc(SCC3CCCCO3)n2C2CCCCC2)c1. The molecule has 0 amide bonds. The predicted octanol–water partition coefficient (Wildman–Crippen LogP) is 5.07. The Balaban J connectivity index is 1.46. The first-order valence-corrected chi connectivity index (χ1v) is 11.9. The van der Waals surface area contributed by atoms with Crippen LogP contribution in [0.1, 0.15) is 63.2 Å². The van der Waals surface area contributed by atoms with E-state index in [1.54, 1.807) is 7.11 Å². The molecule has 1 aromatic heterocycles. The van der Waals surface area contributed by atoms with E-state index in [1.165, 1.54) is 44.9 Å². The van der Waals surface area contributed by atoms with Gasteiger partial charge in [0.25, 0.3) is 0 Å². The van der Waals surface area contributed by atoms with Gasteiger partial charge in [-0.05, 0) is 44.2 Å². The van der Waals surface area contributed by atoms with Gasteiger partial charge in [0.2, 0.25) is 0 Å². The van der Waals surface area contributed by atoms with Gasteiger partial charge in [0.1, 0.15) is 5.75 Å². The summed E-state index contributed by atoms with van der Waals surface area (Å²) >= 11 is 1.81. The van der Waals surface area contributed by atoms with E-state index in [9.17, 15) is 0 Å². The first-order chi connectivity index (χ1) is 14.3. The summed E-state index contributed by atoms with van der Waals surface area (Å²) in [5.74, 6) is 2.84. The van der Waals surface area contributed by atoms with Crippen molar-refractivity contribution in [1.29, 1.82) is 0 Å². The van der Waals surface area contributed by atoms with Crippen molar-refractivity contribution in [3.63, 3.8) is 0 Å². The molecule has 158 valence electrons. The Labute approximate surface area is 177 Å². The second-order valence-electron chi connectivity index (χ2n) is 7.95. The number of aromatic nitrogens is 3. The van der Waals surface area contributed by atoms with E-state index in [0.29, 0.717) is 18.7 Å². The molecular weight excluding hydrogens is 384 g/mol. The van der Waals surface area contributed by atoms with Crippen molar-refractivity contribution in [1.82, 2.24) is 14.8 Å². The van der Waals surface area contributed by atoms with Gasteiger partial charge in [0, 0.05) is 30.2 Å². The molecule has 1 aromatic carbocycles. The zero-order valence-corrected chi connectivity index (χ0v) is 18.1. The summed E-state index contributed by atoms with van der Waals surface area (Å²) < 4.78 is 13.7. The summed E-state index contributed by atoms with van der Waals surface area (Å²) in [7, 11) is 1.69. The third kappa shape index (κ3) is 5.45. The van der Waals surface area contributed by atoms with Crippen LogP contribution >= 0.6 is 11.8 Å². The second-order valence-corrected chi connectivity index (χ2v) is 8.93. The average molecular weight is 417 g/mol. The lowest BCUT2D eigenvalue weighted by molar-refractivity contribution is 0.0315. The summed E-state index contributed by atoms with van der Waals surface area (Å²) in [6.45, 7) is 1.56. The average Bonchev–Trinajstić information content (AvgIpc) is 3.20. The topological polar surface area (TPSA) is 61.2 Å². The van der Waals surface area contributed by atoms with Gasteiger partial charge in [-0.3, -0.25) is 0 Å². The molecule has 4 rings (SSSR count). The standard InChI is InChI=1S/C22H32N4O2S/c1-27-19-12-7-8-17(14-19)23-15-21-24-25-22(26(21)18-9-3-2-4-10-18)29-16-20-11-5-6-13-28-20/h7-8,12,14,18,20,23H,2-6,9-11,13,15-16H2,1H3. The summed E-state index contributed by atoms with van der Waals surface area (Å²) in [4.78, 5) is 0. The third-order valence-corrected chi connectivity index (χ3v) is 6.94. The largest absolute Gasteiger partial charge is 0.497 e. The summed E-state index contributed by atoms with van der Waals surface area (Å²) in [6, 6.07) is 8.53. The van der Waals surface area contributed by atoms with Crippen LogP contribution in [0.3, 0.4) is 0 Å². The van der Waals surface area contributed by atoms with Crippen LogP contribution in [0.4, 0.5) is 5.69 Å². The number of hydrogen-bond acceptors (Lipinski definition) is 6. The van der Waals surface area contributed by atoms with Gasteiger partial charge in [0.05, 0.1) is 19.8 Å². The maximum absolute atomic E-state index is 5.92. The number of anilines is 1. The molecule has 0 radical (unpaired) electrons. The van der Waals surface area contributed by atoms with E-state index in [-0.39, 0.29) is 0 Å². The Kier molecular flexibility index (Phi) is 7.33. The van der Waals surface area contributed by atoms with Gasteiger partial charge in [-0.1, -0.05) is 37.1 Å². The van der Waals surface area contributed by atoms with Gasteiger partial charge >= 0.3 is 0 Å². The molecule has 1 aliphatic carbocycles. The molecule has 29 heavy (non-hydrogen) atoms. The van der Waals surface area contributed by atoms with Crippen LogP contribution in [0.25, 0.3) is 0 Å². The Bertz CT molecular complexity index is 770. The molecule has 2 aliphatic rings. The van der Waals surface area contributed by atoms with Crippen molar-refractivity contribution in [2.24, 2.45) is 0 Å². The van der Waals surface area contributed by atoms with E-state index in [2.05, 4.69) is 26.1 Å². The van der Waals surface area contributed by atoms with Gasteiger partial charge in [-0.15, -0.1) is 10.2 Å². The van der Waals surface area contributed by atoms with Gasteiger partial charge < -0.3 is 19.4 Å². The van der Waals surface area contributed by atoms with Crippen LogP contribution in [0, 0.1) is 0 Å². The maximum atomic E-state index is 5.92. The first kappa shape index (κ1) is 20.5. The van der Waals surface area contributed by atoms with Crippen molar-refractivity contribution < 1.29 is 9.47 Å². The Hall–Kier alpha value is -1.73. The molecule has 2 heterocycles. The van der Waals surface area contributed by atoms with E-state index >= 15 is 0 Å². The van der Waals surface area contributed by atoms with E-state index in [4.69, 9.17) is 9.47 Å². The summed E-state index contributed by atoms with van der Waals surface area (Å²) in [5.41, 5.74) is 1.03. The second kappa shape index (κ2) is 10.3. The molecule has 1 saturated carbocycles. The molecular formula is C22H32N4O2S. The smallest absolute Gasteiger partial charge is 0.191 e. The number of rotatable bonds is 8. The van der Waals surface area contributed by atoms with E-state index < -0.39 is 0 Å². The first-order valence-electron chi connectivity index (χ1n) is 10.9. The minimum Gasteiger partial charge on any atom is -0.497 e. The van der Waals surface area contributed by atoms with Crippen LogP contribution in [-0.2, 0) is 11.3 Å². The number of methoxy groups -OCH3 is 1. The van der Waals surface area contributed by atoms with Crippen LogP contribution in [0.15, 0.2) is 29.4 Å². The van der Waals surface area contributed by atoms with Gasteiger partial charge in [-0.2, -0.15) is 0 Å². The molecule has 2 fully saturated rings. The number of nitrogens with zero attached hydrogens (tertiary/aromatic N) is 3. The highest BCUT2D eigenvalue weighted by molar-refractivity contribution is 7.99. The number of thioether (sulfide) groups is 1. The fourth-order valence-corrected chi connectivity index (χ4v) is 5.34. The molecule has 1 aliphatic heterocycles. The number of hydrogen-bond donors (Lipinski definition) is 1. The number of ether oxygens (including phenoxy) is 2. The lowest BCUT2D eigenvalue weighted by atomic mass is 9.95. The van der Waals surface area contributed by atoms with Crippen molar-refractivity contribution in [3.8, 4) is 5.75 Å². The predicted molar refractivity (Wildman–Crippen MR) is 117 cm³/mol. The Morgan fingerprint density at radius 3 is 2.79 bits per heavy atom. The number of nitrogens with one attached hydrogen (secondary N) is 1. The molecule has 1 N–H and O–H groups in total. The molecule has 6 nitrogen and oxygen atoms in total. The molecule has 0 bridgehead atoms. The monoisotopic (exact) mass is 416 g/mol. The highest BCUT2D eigenvalue weighted by Gasteiger charge is 2.24. The minimum atomic E-state index is 0.351. The highest BCUT2D eigenvalue weighted by Crippen LogP contribution is 2.33. The van der Waals surface area contributed by atoms with Gasteiger partial charge in [0.15, 0.2) is 11.0 Å². The van der Waals surface area contributed by atoms with E-state index in [1.807, 2.05) is 30.0 Å².